The van der Waals surface area contributed by atoms with Gasteiger partial charge in [-0.15, -0.1) is 0 Å². The summed E-state index contributed by atoms with van der Waals surface area (Å²) in [5.41, 5.74) is 7.32. The fourth-order valence-electron chi connectivity index (χ4n) is 3.47. The van der Waals surface area contributed by atoms with Crippen LogP contribution < -0.4 is 11.1 Å². The van der Waals surface area contributed by atoms with E-state index in [1.165, 1.54) is 18.4 Å². The fraction of sp³-hybridized carbons (Fsp3) is 0.611. The van der Waals surface area contributed by atoms with Gasteiger partial charge in [0.25, 0.3) is 0 Å². The number of benzene rings is 1. The Morgan fingerprint density at radius 3 is 2.62 bits per heavy atom. The molecule has 3 unspecified atom stereocenters. The molecule has 114 valence electrons. The van der Waals surface area contributed by atoms with Crippen LogP contribution in [0, 0.1) is 11.8 Å². The van der Waals surface area contributed by atoms with Crippen LogP contribution in [0.3, 0.4) is 0 Å². The summed E-state index contributed by atoms with van der Waals surface area (Å²) < 4.78 is 0. The summed E-state index contributed by atoms with van der Waals surface area (Å²) in [6, 6.07) is 11.0. The van der Waals surface area contributed by atoms with Gasteiger partial charge in [-0.2, -0.15) is 0 Å². The van der Waals surface area contributed by atoms with Gasteiger partial charge in [0, 0.05) is 18.0 Å². The molecule has 0 saturated heterocycles. The molecule has 0 radical (unpaired) electrons. The van der Waals surface area contributed by atoms with Crippen molar-refractivity contribution >= 4 is 5.91 Å². The number of nitrogens with two attached hydrogens (primary N) is 1. The summed E-state index contributed by atoms with van der Waals surface area (Å²) in [5, 5.41) is 3.32. The van der Waals surface area contributed by atoms with Crippen molar-refractivity contribution < 1.29 is 4.79 Å². The molecule has 3 N–H and O–H groups in total. The van der Waals surface area contributed by atoms with Crippen molar-refractivity contribution in [2.24, 2.45) is 17.6 Å². The molecule has 2 fully saturated rings. The molecule has 0 aromatic heterocycles. The first-order chi connectivity index (χ1) is 10.2. The monoisotopic (exact) mass is 286 g/mol. The van der Waals surface area contributed by atoms with E-state index in [4.69, 9.17) is 5.73 Å². The molecule has 3 rings (SSSR count). The van der Waals surface area contributed by atoms with Gasteiger partial charge >= 0.3 is 0 Å². The second-order valence-corrected chi connectivity index (χ2v) is 6.77. The minimum Gasteiger partial charge on any atom is -0.353 e. The van der Waals surface area contributed by atoms with E-state index in [1.54, 1.807) is 0 Å². The predicted octanol–water partition coefficient (Wildman–Crippen LogP) is 2.64. The standard InChI is InChI=1S/C18H26N2O/c19-16-8-4-7-15(12-16)18(21)20-17(14-9-10-14)11-13-5-2-1-3-6-13/h1-3,5-6,14-17H,4,7-12,19H2,(H,20,21). The molecule has 2 aliphatic rings. The lowest BCUT2D eigenvalue weighted by molar-refractivity contribution is -0.127. The maximum absolute atomic E-state index is 12.5. The average molecular weight is 286 g/mol. The van der Waals surface area contributed by atoms with Gasteiger partial charge in [-0.3, -0.25) is 4.79 Å². The second kappa shape index (κ2) is 6.61. The van der Waals surface area contributed by atoms with E-state index >= 15 is 0 Å². The summed E-state index contributed by atoms with van der Waals surface area (Å²) in [4.78, 5) is 12.5. The van der Waals surface area contributed by atoms with Crippen LogP contribution in [-0.4, -0.2) is 18.0 Å². The Bertz CT molecular complexity index is 469. The third kappa shape index (κ3) is 4.07. The molecular formula is C18H26N2O. The lowest BCUT2D eigenvalue weighted by Gasteiger charge is -2.28. The minimum absolute atomic E-state index is 0.130. The summed E-state index contributed by atoms with van der Waals surface area (Å²) in [7, 11) is 0. The zero-order chi connectivity index (χ0) is 14.7. The first kappa shape index (κ1) is 14.6. The van der Waals surface area contributed by atoms with Crippen molar-refractivity contribution in [3.63, 3.8) is 0 Å². The molecule has 1 aromatic rings. The fourth-order valence-corrected chi connectivity index (χ4v) is 3.47. The maximum Gasteiger partial charge on any atom is 0.223 e. The van der Waals surface area contributed by atoms with Crippen LogP contribution in [0.2, 0.25) is 0 Å². The van der Waals surface area contributed by atoms with Crippen LogP contribution in [0.15, 0.2) is 30.3 Å². The molecule has 0 spiro atoms. The molecule has 3 atom stereocenters. The number of carbonyl (C=O) groups is 1. The zero-order valence-corrected chi connectivity index (χ0v) is 12.6. The van der Waals surface area contributed by atoms with E-state index in [2.05, 4.69) is 29.6 Å². The van der Waals surface area contributed by atoms with Gasteiger partial charge in [-0.25, -0.2) is 0 Å². The van der Waals surface area contributed by atoms with E-state index < -0.39 is 0 Å². The molecule has 1 amide bonds. The normalized spacial score (nSPS) is 27.1. The Hall–Kier alpha value is -1.35. The Balaban J connectivity index is 1.58. The molecule has 3 heteroatoms. The average Bonchev–Trinajstić information content (AvgIpc) is 3.32. The molecule has 21 heavy (non-hydrogen) atoms. The topological polar surface area (TPSA) is 55.1 Å². The number of hydrogen-bond acceptors (Lipinski definition) is 2. The summed E-state index contributed by atoms with van der Waals surface area (Å²) in [6.07, 6.45) is 7.47. The van der Waals surface area contributed by atoms with E-state index in [0.29, 0.717) is 12.0 Å². The molecule has 3 nitrogen and oxygen atoms in total. The van der Waals surface area contributed by atoms with E-state index in [9.17, 15) is 4.79 Å². The summed E-state index contributed by atoms with van der Waals surface area (Å²) in [6.45, 7) is 0. The molecule has 0 heterocycles. The lowest BCUT2D eigenvalue weighted by atomic mass is 9.85. The van der Waals surface area contributed by atoms with Gasteiger partial charge < -0.3 is 11.1 Å². The number of hydrogen-bond donors (Lipinski definition) is 2. The number of nitrogens with one attached hydrogen (secondary N) is 1. The SMILES string of the molecule is NC1CCCC(C(=O)NC(Cc2ccccc2)C2CC2)C1. The molecule has 1 aromatic carbocycles. The van der Waals surface area contributed by atoms with Crippen LogP contribution in [0.1, 0.15) is 44.1 Å². The largest absolute Gasteiger partial charge is 0.353 e. The quantitative estimate of drug-likeness (QED) is 0.874. The number of rotatable bonds is 5. The van der Waals surface area contributed by atoms with Crippen molar-refractivity contribution in [2.45, 2.75) is 57.0 Å². The Morgan fingerprint density at radius 2 is 1.95 bits per heavy atom. The molecule has 2 aliphatic carbocycles. The Labute approximate surface area is 127 Å². The minimum atomic E-state index is 0.130. The molecule has 2 saturated carbocycles. The maximum atomic E-state index is 12.5. The zero-order valence-electron chi connectivity index (χ0n) is 12.6. The van der Waals surface area contributed by atoms with Crippen molar-refractivity contribution in [3.8, 4) is 0 Å². The number of amides is 1. The predicted molar refractivity (Wildman–Crippen MR) is 84.7 cm³/mol. The highest BCUT2D eigenvalue weighted by molar-refractivity contribution is 5.79. The lowest BCUT2D eigenvalue weighted by Crippen LogP contribution is -2.44. The highest BCUT2D eigenvalue weighted by atomic mass is 16.1. The first-order valence-electron chi connectivity index (χ1n) is 8.32. The molecule has 0 bridgehead atoms. The van der Waals surface area contributed by atoms with Gasteiger partial charge in [-0.1, -0.05) is 36.8 Å². The van der Waals surface area contributed by atoms with Crippen molar-refractivity contribution in [3.05, 3.63) is 35.9 Å². The highest BCUT2D eigenvalue weighted by Gasteiger charge is 2.34. The Morgan fingerprint density at radius 1 is 1.19 bits per heavy atom. The van der Waals surface area contributed by atoms with E-state index in [0.717, 1.165) is 32.1 Å². The number of carbonyl (C=O) groups excluding carboxylic acids is 1. The van der Waals surface area contributed by atoms with Gasteiger partial charge in [0.05, 0.1) is 0 Å². The summed E-state index contributed by atoms with van der Waals surface area (Å²) in [5.74, 6) is 1.04. The van der Waals surface area contributed by atoms with Crippen LogP contribution in [0.5, 0.6) is 0 Å². The van der Waals surface area contributed by atoms with E-state index in [1.807, 2.05) is 6.07 Å². The van der Waals surface area contributed by atoms with Crippen LogP contribution in [0.25, 0.3) is 0 Å². The molecular weight excluding hydrogens is 260 g/mol. The van der Waals surface area contributed by atoms with Crippen LogP contribution >= 0.6 is 0 Å². The summed E-state index contributed by atoms with van der Waals surface area (Å²) >= 11 is 0. The van der Waals surface area contributed by atoms with Crippen molar-refractivity contribution in [1.29, 1.82) is 0 Å². The highest BCUT2D eigenvalue weighted by Crippen LogP contribution is 2.34. The van der Waals surface area contributed by atoms with Crippen LogP contribution in [0.4, 0.5) is 0 Å². The second-order valence-electron chi connectivity index (χ2n) is 6.77. The van der Waals surface area contributed by atoms with Gasteiger partial charge in [-0.05, 0) is 50.0 Å². The van der Waals surface area contributed by atoms with Crippen molar-refractivity contribution in [2.75, 3.05) is 0 Å². The third-order valence-electron chi connectivity index (χ3n) is 4.90. The third-order valence-corrected chi connectivity index (χ3v) is 4.90. The van der Waals surface area contributed by atoms with Gasteiger partial charge in [0.1, 0.15) is 0 Å². The first-order valence-corrected chi connectivity index (χ1v) is 8.32. The van der Waals surface area contributed by atoms with E-state index in [-0.39, 0.29) is 17.9 Å². The molecule has 0 aliphatic heterocycles. The van der Waals surface area contributed by atoms with Crippen LogP contribution in [-0.2, 0) is 11.2 Å². The van der Waals surface area contributed by atoms with Crippen molar-refractivity contribution in [1.82, 2.24) is 5.32 Å². The Kier molecular flexibility index (Phi) is 4.59. The smallest absolute Gasteiger partial charge is 0.223 e. The van der Waals surface area contributed by atoms with Gasteiger partial charge in [0.15, 0.2) is 0 Å². The van der Waals surface area contributed by atoms with Gasteiger partial charge in [0.2, 0.25) is 5.91 Å².